The van der Waals surface area contributed by atoms with Gasteiger partial charge in [-0.05, 0) is 42.7 Å². The van der Waals surface area contributed by atoms with Gasteiger partial charge in [0.25, 0.3) is 5.91 Å². The second-order valence-corrected chi connectivity index (χ2v) is 10.3. The average molecular weight is 560 g/mol. The summed E-state index contributed by atoms with van der Waals surface area (Å²) in [5.41, 5.74) is 2.42. The lowest BCUT2D eigenvalue weighted by Gasteiger charge is -2.34. The van der Waals surface area contributed by atoms with Crippen molar-refractivity contribution in [2.45, 2.75) is 12.5 Å². The van der Waals surface area contributed by atoms with E-state index < -0.39 is 23.4 Å². The summed E-state index contributed by atoms with van der Waals surface area (Å²) in [6, 6.07) is 11.3. The molecule has 1 amide bonds. The number of hydrogen-bond donors (Lipinski definition) is 1. The van der Waals surface area contributed by atoms with Gasteiger partial charge in [-0.1, -0.05) is 23.3 Å². The number of rotatable bonds is 8. The number of halogens is 1. The number of nitrogens with zero attached hydrogens (tertiary/aromatic N) is 10. The number of aromatic nitrogens is 7. The molecule has 1 aromatic carbocycles. The van der Waals surface area contributed by atoms with Crippen molar-refractivity contribution in [1.29, 1.82) is 0 Å². The summed E-state index contributed by atoms with van der Waals surface area (Å²) < 4.78 is 18.5. The predicted molar refractivity (Wildman–Crippen MR) is 148 cm³/mol. The zero-order valence-corrected chi connectivity index (χ0v) is 22.8. The summed E-state index contributed by atoms with van der Waals surface area (Å²) in [5.74, 6) is -2.28. The number of carbonyl (C=O) groups is 2. The SMILES string of the molecule is CN(C)CCn1ccc(-c2ncc(F)c3c2NCC3C(=O)C(=O)N2CCN(c3nnnn3-c3ccccc3)CC2)n1. The van der Waals surface area contributed by atoms with Crippen LogP contribution in [0.25, 0.3) is 17.1 Å². The highest BCUT2D eigenvalue weighted by molar-refractivity contribution is 6.38. The summed E-state index contributed by atoms with van der Waals surface area (Å²) >= 11 is 0. The highest BCUT2D eigenvalue weighted by atomic mass is 19.1. The molecule has 1 unspecified atom stereocenters. The zero-order valence-electron chi connectivity index (χ0n) is 22.8. The second kappa shape index (κ2) is 11.0. The van der Waals surface area contributed by atoms with Crippen LogP contribution in [0.4, 0.5) is 16.0 Å². The third-order valence-corrected chi connectivity index (χ3v) is 7.39. The maximum atomic E-state index is 15.1. The Labute approximate surface area is 235 Å². The molecule has 5 heterocycles. The molecule has 212 valence electrons. The molecule has 1 fully saturated rings. The summed E-state index contributed by atoms with van der Waals surface area (Å²) in [7, 11) is 3.97. The number of piperazine rings is 1. The molecule has 1 atom stereocenters. The van der Waals surface area contributed by atoms with Crippen LogP contribution in [-0.4, -0.2) is 110 Å². The van der Waals surface area contributed by atoms with E-state index in [0.717, 1.165) is 18.4 Å². The van der Waals surface area contributed by atoms with Crippen molar-refractivity contribution < 1.29 is 14.0 Å². The molecule has 0 aliphatic carbocycles. The van der Waals surface area contributed by atoms with Crippen LogP contribution >= 0.6 is 0 Å². The summed E-state index contributed by atoms with van der Waals surface area (Å²) in [6.07, 6.45) is 2.94. The molecule has 4 aromatic rings. The van der Waals surface area contributed by atoms with E-state index in [-0.39, 0.29) is 12.1 Å². The maximum absolute atomic E-state index is 15.1. The number of nitrogens with one attached hydrogen (secondary N) is 1. The van der Waals surface area contributed by atoms with Gasteiger partial charge in [-0.2, -0.15) is 9.78 Å². The fourth-order valence-electron chi connectivity index (χ4n) is 5.19. The number of carbonyl (C=O) groups excluding carboxylic acids is 2. The molecule has 2 aliphatic rings. The third kappa shape index (κ3) is 5.13. The van der Waals surface area contributed by atoms with Crippen molar-refractivity contribution in [3.05, 3.63) is 60.2 Å². The van der Waals surface area contributed by atoms with Gasteiger partial charge in [0.2, 0.25) is 11.7 Å². The standard InChI is InChI=1S/C27H30FN11O2/c1-35(2)10-15-38-9-8-21(32-38)23-24-22(20(28)17-30-23)19(16-29-24)25(40)26(41)36-11-13-37(14-12-36)27-31-33-34-39(27)18-6-4-3-5-7-18/h3-9,17,19,29H,10-16H2,1-2H3. The Kier molecular flexibility index (Phi) is 7.14. The number of anilines is 2. The highest BCUT2D eigenvalue weighted by Crippen LogP contribution is 2.40. The van der Waals surface area contributed by atoms with E-state index in [1.54, 1.807) is 9.36 Å². The van der Waals surface area contributed by atoms with Crippen LogP contribution in [0.15, 0.2) is 48.8 Å². The van der Waals surface area contributed by atoms with Crippen molar-refractivity contribution >= 4 is 23.3 Å². The number of para-hydroxylation sites is 1. The number of likely N-dealkylation sites (N-methyl/N-ethyl adjacent to an activating group) is 1. The first kappa shape index (κ1) is 26.5. The van der Waals surface area contributed by atoms with Crippen LogP contribution < -0.4 is 10.2 Å². The number of amides is 1. The van der Waals surface area contributed by atoms with E-state index in [1.807, 2.05) is 61.6 Å². The van der Waals surface area contributed by atoms with Gasteiger partial charge in [0, 0.05) is 51.0 Å². The molecule has 0 bridgehead atoms. The van der Waals surface area contributed by atoms with Crippen LogP contribution in [0.5, 0.6) is 0 Å². The quantitative estimate of drug-likeness (QED) is 0.313. The van der Waals surface area contributed by atoms with Gasteiger partial charge in [0.05, 0.1) is 30.0 Å². The molecule has 0 saturated carbocycles. The molecule has 41 heavy (non-hydrogen) atoms. The number of ketones is 1. The van der Waals surface area contributed by atoms with Crippen molar-refractivity contribution in [3.63, 3.8) is 0 Å². The lowest BCUT2D eigenvalue weighted by atomic mass is 9.95. The molecular formula is C27H30FN11O2. The monoisotopic (exact) mass is 559 g/mol. The normalized spacial score (nSPS) is 16.6. The Balaban J connectivity index is 1.15. The molecule has 13 nitrogen and oxygen atoms in total. The summed E-state index contributed by atoms with van der Waals surface area (Å²) in [4.78, 5) is 36.5. The van der Waals surface area contributed by atoms with Gasteiger partial charge in [-0.25, -0.2) is 9.37 Å². The Bertz CT molecular complexity index is 1560. The van der Waals surface area contributed by atoms with E-state index in [1.165, 1.54) is 4.90 Å². The number of hydrogen-bond acceptors (Lipinski definition) is 10. The summed E-state index contributed by atoms with van der Waals surface area (Å²) in [5, 5.41) is 19.8. The number of benzene rings is 1. The third-order valence-electron chi connectivity index (χ3n) is 7.39. The first-order valence-electron chi connectivity index (χ1n) is 13.4. The molecule has 14 heteroatoms. The van der Waals surface area contributed by atoms with Crippen LogP contribution in [0.3, 0.4) is 0 Å². The predicted octanol–water partition coefficient (Wildman–Crippen LogP) is 1.05. The van der Waals surface area contributed by atoms with Crippen molar-refractivity contribution in [1.82, 2.24) is 44.8 Å². The Morgan fingerprint density at radius 1 is 1.10 bits per heavy atom. The Morgan fingerprint density at radius 3 is 2.63 bits per heavy atom. The van der Waals surface area contributed by atoms with Gasteiger partial charge in [-0.3, -0.25) is 14.3 Å². The molecule has 2 aliphatic heterocycles. The second-order valence-electron chi connectivity index (χ2n) is 10.3. The number of fused-ring (bicyclic) bond motifs is 1. The minimum absolute atomic E-state index is 0.114. The maximum Gasteiger partial charge on any atom is 0.290 e. The minimum Gasteiger partial charge on any atom is -0.382 e. The van der Waals surface area contributed by atoms with Crippen LogP contribution in [0, 0.1) is 5.82 Å². The van der Waals surface area contributed by atoms with E-state index in [0.29, 0.717) is 55.7 Å². The summed E-state index contributed by atoms with van der Waals surface area (Å²) in [6.45, 7) is 3.14. The molecule has 6 rings (SSSR count). The van der Waals surface area contributed by atoms with E-state index in [9.17, 15) is 9.59 Å². The number of Topliss-reactive ketones (excluding diaryl/α,β-unsaturated/α-hetero) is 1. The lowest BCUT2D eigenvalue weighted by Crippen LogP contribution is -2.52. The smallest absolute Gasteiger partial charge is 0.290 e. The van der Waals surface area contributed by atoms with Gasteiger partial charge >= 0.3 is 0 Å². The molecule has 1 saturated heterocycles. The van der Waals surface area contributed by atoms with Gasteiger partial charge in [0.1, 0.15) is 17.2 Å². The first-order chi connectivity index (χ1) is 19.9. The fraction of sp³-hybridized carbons (Fsp3) is 0.370. The van der Waals surface area contributed by atoms with Crippen molar-refractivity contribution in [2.24, 2.45) is 0 Å². The Morgan fingerprint density at radius 2 is 1.88 bits per heavy atom. The number of pyridine rings is 1. The van der Waals surface area contributed by atoms with Crippen LogP contribution in [-0.2, 0) is 16.1 Å². The molecule has 0 spiro atoms. The molecule has 3 aromatic heterocycles. The van der Waals surface area contributed by atoms with Crippen molar-refractivity contribution in [2.75, 3.05) is 63.6 Å². The largest absolute Gasteiger partial charge is 0.382 e. The fourth-order valence-corrected chi connectivity index (χ4v) is 5.19. The van der Waals surface area contributed by atoms with E-state index in [4.69, 9.17) is 0 Å². The topological polar surface area (TPSA) is 130 Å². The number of tetrazole rings is 1. The van der Waals surface area contributed by atoms with Gasteiger partial charge in [0.15, 0.2) is 0 Å². The average Bonchev–Trinajstić information content (AvgIpc) is 3.76. The first-order valence-corrected chi connectivity index (χ1v) is 13.4. The molecular weight excluding hydrogens is 529 g/mol. The van der Waals surface area contributed by atoms with Crippen molar-refractivity contribution in [3.8, 4) is 17.1 Å². The van der Waals surface area contributed by atoms with Crippen LogP contribution in [0.2, 0.25) is 0 Å². The highest BCUT2D eigenvalue weighted by Gasteiger charge is 2.39. The molecule has 1 N–H and O–H groups in total. The Hall–Kier alpha value is -4.72. The molecule has 0 radical (unpaired) electrons. The van der Waals surface area contributed by atoms with E-state index in [2.05, 4.69) is 35.8 Å². The van der Waals surface area contributed by atoms with Crippen LogP contribution in [0.1, 0.15) is 11.5 Å². The minimum atomic E-state index is -0.946. The lowest BCUT2D eigenvalue weighted by molar-refractivity contribution is -0.145. The van der Waals surface area contributed by atoms with Gasteiger partial charge < -0.3 is 20.0 Å². The zero-order chi connectivity index (χ0) is 28.5. The van der Waals surface area contributed by atoms with E-state index >= 15 is 4.39 Å². The van der Waals surface area contributed by atoms with Gasteiger partial charge in [-0.15, -0.1) is 0 Å².